The predicted octanol–water partition coefficient (Wildman–Crippen LogP) is 4.25. The molecule has 0 bridgehead atoms. The fraction of sp³-hybridized carbons (Fsp3) is 0.261. The van der Waals surface area contributed by atoms with E-state index in [0.717, 1.165) is 28.1 Å². The Morgan fingerprint density at radius 1 is 1.00 bits per heavy atom. The van der Waals surface area contributed by atoms with Crippen LogP contribution in [-0.4, -0.2) is 15.7 Å². The van der Waals surface area contributed by atoms with Crippen LogP contribution in [0.4, 0.5) is 5.69 Å². The van der Waals surface area contributed by atoms with Crippen molar-refractivity contribution in [3.05, 3.63) is 81.6 Å². The number of hydrogen-bond donors (Lipinski definition) is 1. The first kappa shape index (κ1) is 19.5. The Kier molecular flexibility index (Phi) is 6.04. The van der Waals surface area contributed by atoms with Gasteiger partial charge in [-0.2, -0.15) is 5.10 Å². The summed E-state index contributed by atoms with van der Waals surface area (Å²) in [6.45, 7) is 6.43. The fourth-order valence-corrected chi connectivity index (χ4v) is 3.34. The van der Waals surface area contributed by atoms with Crippen LogP contribution >= 0.6 is 0 Å². The normalized spacial score (nSPS) is 10.7. The molecule has 0 saturated heterocycles. The molecule has 2 aromatic carbocycles. The van der Waals surface area contributed by atoms with Crippen LogP contribution in [-0.2, 0) is 11.3 Å². The van der Waals surface area contributed by atoms with Gasteiger partial charge in [0.15, 0.2) is 0 Å². The molecule has 1 aromatic heterocycles. The number of carbonyl (C=O) groups is 1. The Labute approximate surface area is 165 Å². The Morgan fingerprint density at radius 2 is 1.68 bits per heavy atom. The molecule has 0 spiro atoms. The zero-order chi connectivity index (χ0) is 20.1. The van der Waals surface area contributed by atoms with Crippen LogP contribution in [0.15, 0.2) is 59.4 Å². The van der Waals surface area contributed by atoms with Crippen LogP contribution in [0.3, 0.4) is 0 Å². The number of nitrogens with zero attached hydrogens (tertiary/aromatic N) is 2. The highest BCUT2D eigenvalue weighted by molar-refractivity contribution is 5.92. The molecular formula is C23H25N3O2. The fourth-order valence-electron chi connectivity index (χ4n) is 3.34. The molecule has 5 heteroatoms. The van der Waals surface area contributed by atoms with Crippen molar-refractivity contribution in [1.29, 1.82) is 0 Å². The molecule has 144 valence electrons. The summed E-state index contributed by atoms with van der Waals surface area (Å²) in [7, 11) is 0. The lowest BCUT2D eigenvalue weighted by Gasteiger charge is -2.13. The first-order valence-corrected chi connectivity index (χ1v) is 9.45. The number of amides is 1. The highest BCUT2D eigenvalue weighted by atomic mass is 16.1. The standard InChI is InChI=1S/C23H25N3O2/c1-16-14-17(2)23(18(3)15-16)24-21(27)10-7-13-26-22(28)12-11-20(25-26)19-8-5-4-6-9-19/h4-6,8-9,11-12,14-15H,7,10,13H2,1-3H3,(H,24,27). The van der Waals surface area contributed by atoms with Gasteiger partial charge in [-0.15, -0.1) is 0 Å². The van der Waals surface area contributed by atoms with E-state index in [9.17, 15) is 9.59 Å². The minimum absolute atomic E-state index is 0.0534. The van der Waals surface area contributed by atoms with Gasteiger partial charge in [0, 0.05) is 30.3 Å². The maximum absolute atomic E-state index is 12.3. The molecule has 0 unspecified atom stereocenters. The summed E-state index contributed by atoms with van der Waals surface area (Å²) in [5.41, 5.74) is 5.70. The first-order chi connectivity index (χ1) is 13.4. The lowest BCUT2D eigenvalue weighted by Crippen LogP contribution is -2.23. The van der Waals surface area contributed by atoms with Gasteiger partial charge in [0.1, 0.15) is 0 Å². The molecule has 0 aliphatic heterocycles. The number of rotatable bonds is 6. The third-order valence-corrected chi connectivity index (χ3v) is 4.65. The average Bonchev–Trinajstić information content (AvgIpc) is 2.67. The van der Waals surface area contributed by atoms with E-state index in [4.69, 9.17) is 0 Å². The highest BCUT2D eigenvalue weighted by Gasteiger charge is 2.09. The van der Waals surface area contributed by atoms with Gasteiger partial charge in [-0.3, -0.25) is 9.59 Å². The van der Waals surface area contributed by atoms with Crippen LogP contribution in [0.5, 0.6) is 0 Å². The second-order valence-corrected chi connectivity index (χ2v) is 7.07. The van der Waals surface area contributed by atoms with E-state index in [-0.39, 0.29) is 11.5 Å². The number of hydrogen-bond acceptors (Lipinski definition) is 3. The van der Waals surface area contributed by atoms with Gasteiger partial charge in [-0.1, -0.05) is 48.0 Å². The van der Waals surface area contributed by atoms with E-state index in [1.54, 1.807) is 6.07 Å². The summed E-state index contributed by atoms with van der Waals surface area (Å²) in [4.78, 5) is 24.4. The lowest BCUT2D eigenvalue weighted by molar-refractivity contribution is -0.116. The molecular weight excluding hydrogens is 350 g/mol. The molecule has 1 amide bonds. The van der Waals surface area contributed by atoms with Crippen LogP contribution in [0.2, 0.25) is 0 Å². The summed E-state index contributed by atoms with van der Waals surface area (Å²) >= 11 is 0. The largest absolute Gasteiger partial charge is 0.326 e. The Bertz CT molecular complexity index is 1020. The van der Waals surface area contributed by atoms with E-state index in [0.29, 0.717) is 19.4 Å². The summed E-state index contributed by atoms with van der Waals surface area (Å²) in [6.07, 6.45) is 0.872. The van der Waals surface area contributed by atoms with E-state index in [1.807, 2.05) is 51.1 Å². The van der Waals surface area contributed by atoms with Crippen LogP contribution in [0.25, 0.3) is 11.3 Å². The van der Waals surface area contributed by atoms with E-state index in [1.165, 1.54) is 16.3 Å². The molecule has 3 rings (SSSR count). The quantitative estimate of drug-likeness (QED) is 0.700. The molecule has 28 heavy (non-hydrogen) atoms. The van der Waals surface area contributed by atoms with Crippen molar-refractivity contribution in [2.24, 2.45) is 0 Å². The van der Waals surface area contributed by atoms with Gasteiger partial charge >= 0.3 is 0 Å². The lowest BCUT2D eigenvalue weighted by atomic mass is 10.0. The van der Waals surface area contributed by atoms with Crippen molar-refractivity contribution in [3.63, 3.8) is 0 Å². The number of aromatic nitrogens is 2. The third kappa shape index (κ3) is 4.74. The maximum Gasteiger partial charge on any atom is 0.266 e. The predicted molar refractivity (Wildman–Crippen MR) is 112 cm³/mol. The molecule has 0 saturated carbocycles. The minimum Gasteiger partial charge on any atom is -0.326 e. The minimum atomic E-state index is -0.162. The van der Waals surface area contributed by atoms with E-state index >= 15 is 0 Å². The zero-order valence-electron chi connectivity index (χ0n) is 16.5. The van der Waals surface area contributed by atoms with Gasteiger partial charge in [-0.05, 0) is 44.4 Å². The number of aryl methyl sites for hydroxylation is 4. The van der Waals surface area contributed by atoms with Crippen molar-refractivity contribution in [3.8, 4) is 11.3 Å². The molecule has 0 atom stereocenters. The molecule has 1 N–H and O–H groups in total. The Hall–Kier alpha value is -3.21. The van der Waals surface area contributed by atoms with E-state index in [2.05, 4.69) is 22.5 Å². The van der Waals surface area contributed by atoms with Gasteiger partial charge in [0.25, 0.3) is 5.56 Å². The molecule has 0 aliphatic carbocycles. The van der Waals surface area contributed by atoms with Crippen LogP contribution in [0, 0.1) is 20.8 Å². The van der Waals surface area contributed by atoms with E-state index < -0.39 is 0 Å². The maximum atomic E-state index is 12.3. The molecule has 3 aromatic rings. The van der Waals surface area contributed by atoms with Gasteiger partial charge in [-0.25, -0.2) is 4.68 Å². The van der Waals surface area contributed by atoms with Crippen LogP contribution < -0.4 is 10.9 Å². The monoisotopic (exact) mass is 375 g/mol. The molecule has 0 aliphatic rings. The number of anilines is 1. The number of carbonyl (C=O) groups excluding carboxylic acids is 1. The molecule has 0 fully saturated rings. The Balaban J connectivity index is 1.62. The second kappa shape index (κ2) is 8.65. The second-order valence-electron chi connectivity index (χ2n) is 7.07. The summed E-state index contributed by atoms with van der Waals surface area (Å²) in [5.74, 6) is -0.0534. The number of benzene rings is 2. The number of nitrogens with one attached hydrogen (secondary N) is 1. The van der Waals surface area contributed by atoms with Crippen LogP contribution in [0.1, 0.15) is 29.5 Å². The highest BCUT2D eigenvalue weighted by Crippen LogP contribution is 2.22. The first-order valence-electron chi connectivity index (χ1n) is 9.45. The summed E-state index contributed by atoms with van der Waals surface area (Å²) in [5, 5.41) is 7.43. The van der Waals surface area contributed by atoms with Crippen molar-refractivity contribution in [2.45, 2.75) is 40.2 Å². The van der Waals surface area contributed by atoms with Crippen molar-refractivity contribution >= 4 is 11.6 Å². The van der Waals surface area contributed by atoms with Crippen molar-refractivity contribution in [2.75, 3.05) is 5.32 Å². The Morgan fingerprint density at radius 3 is 2.36 bits per heavy atom. The average molecular weight is 375 g/mol. The topological polar surface area (TPSA) is 64.0 Å². The summed E-state index contributed by atoms with van der Waals surface area (Å²) < 4.78 is 1.43. The van der Waals surface area contributed by atoms with Gasteiger partial charge in [0.05, 0.1) is 5.69 Å². The SMILES string of the molecule is Cc1cc(C)c(NC(=O)CCCn2nc(-c3ccccc3)ccc2=O)c(C)c1. The third-order valence-electron chi connectivity index (χ3n) is 4.65. The molecule has 5 nitrogen and oxygen atoms in total. The van der Waals surface area contributed by atoms with Crippen molar-refractivity contribution in [1.82, 2.24) is 9.78 Å². The molecule has 1 heterocycles. The molecule has 0 radical (unpaired) electrons. The van der Waals surface area contributed by atoms with Gasteiger partial charge in [0.2, 0.25) is 5.91 Å². The smallest absolute Gasteiger partial charge is 0.266 e. The van der Waals surface area contributed by atoms with Gasteiger partial charge < -0.3 is 5.32 Å². The zero-order valence-corrected chi connectivity index (χ0v) is 16.5. The van der Waals surface area contributed by atoms with Crippen molar-refractivity contribution < 1.29 is 4.79 Å². The summed E-state index contributed by atoms with van der Waals surface area (Å²) in [6, 6.07) is 17.1.